The number of hydrogen-bond donors (Lipinski definition) is 0. The summed E-state index contributed by atoms with van der Waals surface area (Å²) in [6.07, 6.45) is 5.99. The van der Waals surface area contributed by atoms with Crippen molar-refractivity contribution in [1.82, 2.24) is 19.7 Å². The minimum Gasteiger partial charge on any atom is -0.337 e. The van der Waals surface area contributed by atoms with Crippen LogP contribution in [0, 0.1) is 11.3 Å². The van der Waals surface area contributed by atoms with E-state index < -0.39 is 11.7 Å². The fourth-order valence-electron chi connectivity index (χ4n) is 7.03. The summed E-state index contributed by atoms with van der Waals surface area (Å²) < 4.78 is 39.6. The van der Waals surface area contributed by atoms with Crippen molar-refractivity contribution < 1.29 is 18.0 Å². The number of alkyl halides is 3. The van der Waals surface area contributed by atoms with Crippen LogP contribution in [0.2, 0.25) is 0 Å². The average Bonchev–Trinajstić information content (AvgIpc) is 3.40. The lowest BCUT2D eigenvalue weighted by atomic mass is 9.78. The number of carbonyl (C=O) groups excluding carboxylic acids is 1. The molecule has 1 amide bonds. The molecule has 2 saturated carbocycles. The van der Waals surface area contributed by atoms with Crippen molar-refractivity contribution in [1.29, 1.82) is 0 Å². The highest BCUT2D eigenvalue weighted by Crippen LogP contribution is 2.56. The third-order valence-corrected chi connectivity index (χ3v) is 9.03. The Hall–Kier alpha value is -1.67. The van der Waals surface area contributed by atoms with Gasteiger partial charge in [-0.3, -0.25) is 9.78 Å². The van der Waals surface area contributed by atoms with Crippen LogP contribution in [0.3, 0.4) is 0 Å². The van der Waals surface area contributed by atoms with E-state index in [-0.39, 0.29) is 17.9 Å². The second-order valence-electron chi connectivity index (χ2n) is 11.0. The van der Waals surface area contributed by atoms with Crippen LogP contribution in [0.25, 0.3) is 0 Å². The molecule has 3 heterocycles. The van der Waals surface area contributed by atoms with Gasteiger partial charge in [0.15, 0.2) is 0 Å². The van der Waals surface area contributed by atoms with E-state index in [1.165, 1.54) is 38.4 Å². The molecule has 3 fully saturated rings. The first-order valence-electron chi connectivity index (χ1n) is 13.0. The monoisotopic (exact) mass is 478 g/mol. The number of hydrogen-bond acceptors (Lipinski definition) is 4. The summed E-state index contributed by atoms with van der Waals surface area (Å²) in [6.45, 7) is 5.32. The highest BCUT2D eigenvalue weighted by atomic mass is 19.4. The van der Waals surface area contributed by atoms with Crippen LogP contribution in [0.15, 0.2) is 12.3 Å². The van der Waals surface area contributed by atoms with Gasteiger partial charge in [-0.05, 0) is 76.2 Å². The zero-order valence-electron chi connectivity index (χ0n) is 20.2. The molecule has 1 aromatic heterocycles. The van der Waals surface area contributed by atoms with Gasteiger partial charge in [-0.2, -0.15) is 13.2 Å². The lowest BCUT2D eigenvalue weighted by Gasteiger charge is -2.38. The quantitative estimate of drug-likeness (QED) is 0.631. The number of amides is 1. The van der Waals surface area contributed by atoms with Crippen molar-refractivity contribution in [2.45, 2.75) is 76.6 Å². The third kappa shape index (κ3) is 4.60. The molecule has 1 saturated heterocycles. The molecule has 5 nitrogen and oxygen atoms in total. The number of nitrogens with zero attached hydrogens (tertiary/aromatic N) is 4. The molecule has 3 unspecified atom stereocenters. The third-order valence-electron chi connectivity index (χ3n) is 9.03. The molecule has 8 heteroatoms. The fourth-order valence-corrected chi connectivity index (χ4v) is 7.03. The highest BCUT2D eigenvalue weighted by Gasteiger charge is 2.56. The minimum absolute atomic E-state index is 0.171. The van der Waals surface area contributed by atoms with Crippen LogP contribution < -0.4 is 0 Å². The van der Waals surface area contributed by atoms with Crippen molar-refractivity contribution >= 4 is 5.91 Å². The molecule has 0 bridgehead atoms. The molecule has 0 spiro atoms. The maximum atomic E-state index is 13.9. The van der Waals surface area contributed by atoms with Crippen molar-refractivity contribution in [3.8, 4) is 0 Å². The largest absolute Gasteiger partial charge is 0.417 e. The van der Waals surface area contributed by atoms with Crippen LogP contribution in [0.1, 0.15) is 68.2 Å². The van der Waals surface area contributed by atoms with Gasteiger partial charge in [0.05, 0.1) is 11.0 Å². The van der Waals surface area contributed by atoms with Crippen LogP contribution >= 0.6 is 0 Å². The van der Waals surface area contributed by atoms with Crippen molar-refractivity contribution in [3.05, 3.63) is 29.1 Å². The topological polar surface area (TPSA) is 39.7 Å². The van der Waals surface area contributed by atoms with E-state index in [0.29, 0.717) is 36.2 Å². The van der Waals surface area contributed by atoms with Crippen LogP contribution in [-0.4, -0.2) is 71.4 Å². The summed E-state index contributed by atoms with van der Waals surface area (Å²) in [6, 6.07) is 1.60. The lowest BCUT2D eigenvalue weighted by molar-refractivity contribution is -0.144. The molecule has 0 N–H and O–H groups in total. The Kier molecular flexibility index (Phi) is 6.66. The van der Waals surface area contributed by atoms with Gasteiger partial charge in [0, 0.05) is 50.5 Å². The van der Waals surface area contributed by atoms with Gasteiger partial charge in [0.1, 0.15) is 0 Å². The van der Waals surface area contributed by atoms with Gasteiger partial charge in [-0.15, -0.1) is 0 Å². The van der Waals surface area contributed by atoms with Gasteiger partial charge >= 0.3 is 6.18 Å². The van der Waals surface area contributed by atoms with Crippen LogP contribution in [0.4, 0.5) is 13.2 Å². The number of carbonyl (C=O) groups is 1. The lowest BCUT2D eigenvalue weighted by Crippen LogP contribution is -2.47. The van der Waals surface area contributed by atoms with E-state index >= 15 is 0 Å². The molecule has 188 valence electrons. The number of halogens is 3. The molecular formula is C26H37F3N4O. The molecule has 4 aliphatic rings. The van der Waals surface area contributed by atoms with E-state index in [2.05, 4.69) is 21.8 Å². The molecule has 2 aliphatic heterocycles. The maximum Gasteiger partial charge on any atom is 0.417 e. The number of fused-ring (bicyclic) bond motifs is 2. The molecule has 1 aromatic rings. The smallest absolute Gasteiger partial charge is 0.337 e. The maximum absolute atomic E-state index is 13.9. The summed E-state index contributed by atoms with van der Waals surface area (Å²) in [5.41, 5.74) is 0.179. The van der Waals surface area contributed by atoms with Crippen LogP contribution in [-0.2, 0) is 23.9 Å². The van der Waals surface area contributed by atoms with Crippen molar-refractivity contribution in [3.63, 3.8) is 0 Å². The van der Waals surface area contributed by atoms with Gasteiger partial charge in [0.25, 0.3) is 0 Å². The zero-order valence-corrected chi connectivity index (χ0v) is 20.2. The van der Waals surface area contributed by atoms with Gasteiger partial charge < -0.3 is 14.7 Å². The Morgan fingerprint density at radius 2 is 2.00 bits per heavy atom. The van der Waals surface area contributed by atoms with E-state index in [4.69, 9.17) is 0 Å². The SMILES string of the molecule is CN(CCN1CCCCC1)C1CC2CCCC2(C(=O)N2CCc3ncc(C(F)(F)F)cc3C2)C1. The Bertz CT molecular complexity index is 901. The summed E-state index contributed by atoms with van der Waals surface area (Å²) >= 11 is 0. The number of likely N-dealkylation sites (N-methyl/N-ethyl adjacent to an activating group) is 1. The molecule has 2 aliphatic carbocycles. The Morgan fingerprint density at radius 1 is 1.21 bits per heavy atom. The van der Waals surface area contributed by atoms with Gasteiger partial charge in [-0.25, -0.2) is 0 Å². The highest BCUT2D eigenvalue weighted by molar-refractivity contribution is 5.84. The Balaban J connectivity index is 1.26. The first-order chi connectivity index (χ1) is 16.3. The fraction of sp³-hybridized carbons (Fsp3) is 0.769. The molecular weight excluding hydrogens is 441 g/mol. The number of aromatic nitrogens is 1. The summed E-state index contributed by atoms with van der Waals surface area (Å²) in [4.78, 5) is 24.9. The normalized spacial score (nSPS) is 30.0. The predicted octanol–water partition coefficient (Wildman–Crippen LogP) is 4.35. The van der Waals surface area contributed by atoms with E-state index in [1.807, 2.05) is 4.90 Å². The Labute approximate surface area is 200 Å². The number of rotatable bonds is 5. The number of likely N-dealkylation sites (tertiary alicyclic amines) is 1. The van der Waals surface area contributed by atoms with Gasteiger partial charge in [-0.1, -0.05) is 12.8 Å². The standard InChI is InChI=1S/C26H37F3N4O/c1-31(12-13-32-9-3-2-4-10-32)22-15-20-6-5-8-25(20,16-22)24(34)33-11-7-23-19(18-33)14-21(17-30-23)26(27,28)29/h14,17,20,22H,2-13,15-16,18H2,1H3. The zero-order chi connectivity index (χ0) is 23.9. The summed E-state index contributed by atoms with van der Waals surface area (Å²) in [5.74, 6) is 0.563. The molecule has 3 atom stereocenters. The molecule has 5 rings (SSSR count). The van der Waals surface area contributed by atoms with E-state index in [1.54, 1.807) is 0 Å². The van der Waals surface area contributed by atoms with E-state index in [0.717, 1.165) is 51.4 Å². The van der Waals surface area contributed by atoms with Crippen molar-refractivity contribution in [2.24, 2.45) is 11.3 Å². The average molecular weight is 479 g/mol. The first kappa shape index (κ1) is 24.0. The summed E-state index contributed by atoms with van der Waals surface area (Å²) in [5, 5.41) is 0. The van der Waals surface area contributed by atoms with E-state index in [9.17, 15) is 18.0 Å². The predicted molar refractivity (Wildman–Crippen MR) is 124 cm³/mol. The summed E-state index contributed by atoms with van der Waals surface area (Å²) in [7, 11) is 2.20. The molecule has 0 aromatic carbocycles. The Morgan fingerprint density at radius 3 is 2.76 bits per heavy atom. The number of piperidine rings is 1. The van der Waals surface area contributed by atoms with Crippen molar-refractivity contribution in [2.75, 3.05) is 39.8 Å². The van der Waals surface area contributed by atoms with Gasteiger partial charge in [0.2, 0.25) is 5.91 Å². The minimum atomic E-state index is -4.42. The van der Waals surface area contributed by atoms with Crippen LogP contribution in [0.5, 0.6) is 0 Å². The number of pyridine rings is 1. The first-order valence-corrected chi connectivity index (χ1v) is 13.0. The second kappa shape index (κ2) is 9.41. The molecule has 34 heavy (non-hydrogen) atoms. The second-order valence-corrected chi connectivity index (χ2v) is 11.0. The molecule has 0 radical (unpaired) electrons.